The Morgan fingerprint density at radius 2 is 1.38 bits per heavy atom. The summed E-state index contributed by atoms with van der Waals surface area (Å²) in [5.41, 5.74) is 2.94. The van der Waals surface area contributed by atoms with Crippen molar-refractivity contribution < 1.29 is 0 Å². The van der Waals surface area contributed by atoms with Crippen LogP contribution < -0.4 is 0 Å². The van der Waals surface area contributed by atoms with Gasteiger partial charge in [0.1, 0.15) is 0 Å². The molecule has 0 saturated heterocycles. The highest BCUT2D eigenvalue weighted by atomic mass is 13.9. The van der Waals surface area contributed by atoms with Crippen LogP contribution in [0.4, 0.5) is 0 Å². The second-order valence-electron chi connectivity index (χ2n) is 6.01. The molecule has 0 bridgehead atoms. The van der Waals surface area contributed by atoms with Gasteiger partial charge in [0.15, 0.2) is 0 Å². The molecule has 0 amide bonds. The minimum absolute atomic E-state index is 0.699. The maximum Gasteiger partial charge on any atom is -0.0267 e. The molecule has 0 heteroatoms. The van der Waals surface area contributed by atoms with Crippen molar-refractivity contribution in [3.8, 4) is 0 Å². The minimum atomic E-state index is 0.699. The largest absolute Gasteiger partial charge is 0.103 e. The maximum atomic E-state index is 3.63. The Bertz CT molecular complexity index is 311. The Balaban J connectivity index is -0.000000129. The van der Waals surface area contributed by atoms with Crippen molar-refractivity contribution in [2.75, 3.05) is 0 Å². The van der Waals surface area contributed by atoms with Gasteiger partial charge < -0.3 is 0 Å². The summed E-state index contributed by atoms with van der Waals surface area (Å²) in [6, 6.07) is 0. The van der Waals surface area contributed by atoms with E-state index in [-0.39, 0.29) is 0 Å². The van der Waals surface area contributed by atoms with Crippen LogP contribution in [0.5, 0.6) is 0 Å². The lowest BCUT2D eigenvalue weighted by molar-refractivity contribution is 0.700. The molecule has 0 aliphatic rings. The molecular formula is C24H46. The second kappa shape index (κ2) is 29.7. The van der Waals surface area contributed by atoms with Gasteiger partial charge >= 0.3 is 0 Å². The maximum absolute atomic E-state index is 3.63. The van der Waals surface area contributed by atoms with Crippen LogP contribution in [0, 0.1) is 5.92 Å². The van der Waals surface area contributed by atoms with Gasteiger partial charge in [0.25, 0.3) is 0 Å². The summed E-state index contributed by atoms with van der Waals surface area (Å²) in [5, 5.41) is 0. The summed E-state index contributed by atoms with van der Waals surface area (Å²) in [7, 11) is 0. The Kier molecular flexibility index (Phi) is 37.8. The molecule has 142 valence electrons. The van der Waals surface area contributed by atoms with Gasteiger partial charge in [-0.05, 0) is 59.3 Å². The van der Waals surface area contributed by atoms with Crippen LogP contribution in [0.2, 0.25) is 0 Å². The van der Waals surface area contributed by atoms with Crippen molar-refractivity contribution in [3.63, 3.8) is 0 Å². The van der Waals surface area contributed by atoms with Crippen LogP contribution in [0.3, 0.4) is 0 Å². The Morgan fingerprint density at radius 3 is 1.58 bits per heavy atom. The van der Waals surface area contributed by atoms with E-state index >= 15 is 0 Å². The van der Waals surface area contributed by atoms with E-state index in [0.717, 1.165) is 6.42 Å². The van der Waals surface area contributed by atoms with E-state index in [1.165, 1.54) is 36.8 Å². The summed E-state index contributed by atoms with van der Waals surface area (Å²) in [6.45, 7) is 27.4. The molecule has 24 heavy (non-hydrogen) atoms. The molecule has 0 N–H and O–H groups in total. The highest BCUT2D eigenvalue weighted by Crippen LogP contribution is 2.06. The van der Waals surface area contributed by atoms with E-state index in [0.29, 0.717) is 5.92 Å². The zero-order valence-corrected chi connectivity index (χ0v) is 18.1. The van der Waals surface area contributed by atoms with Crippen LogP contribution in [0.1, 0.15) is 87.5 Å². The third kappa shape index (κ3) is 49.8. The Labute approximate surface area is 155 Å². The summed E-state index contributed by atoms with van der Waals surface area (Å²) in [4.78, 5) is 0. The van der Waals surface area contributed by atoms with Gasteiger partial charge in [0.05, 0.1) is 0 Å². The first kappa shape index (κ1) is 30.6. The molecule has 0 aromatic carbocycles. The quantitative estimate of drug-likeness (QED) is 0.407. The molecule has 0 saturated carbocycles. The van der Waals surface area contributed by atoms with Crippen molar-refractivity contribution in [2.45, 2.75) is 87.5 Å². The van der Waals surface area contributed by atoms with E-state index in [1.54, 1.807) is 6.08 Å². The summed E-state index contributed by atoms with van der Waals surface area (Å²) in [5.74, 6) is 0.699. The van der Waals surface area contributed by atoms with Gasteiger partial charge in [0, 0.05) is 0 Å². The average Bonchev–Trinajstić information content (AvgIpc) is 2.55. The summed E-state index contributed by atoms with van der Waals surface area (Å²) < 4.78 is 0. The lowest BCUT2D eigenvalue weighted by atomic mass is 10.1. The van der Waals surface area contributed by atoms with Crippen molar-refractivity contribution >= 4 is 0 Å². The highest BCUT2D eigenvalue weighted by Gasteiger charge is 1.86. The summed E-state index contributed by atoms with van der Waals surface area (Å²) >= 11 is 0. The fourth-order valence-corrected chi connectivity index (χ4v) is 1.21. The van der Waals surface area contributed by atoms with Crippen molar-refractivity contribution in [3.05, 3.63) is 61.3 Å². The van der Waals surface area contributed by atoms with Crippen LogP contribution in [0.15, 0.2) is 61.3 Å². The van der Waals surface area contributed by atoms with Crippen LogP contribution >= 0.6 is 0 Å². The first-order chi connectivity index (χ1) is 11.3. The van der Waals surface area contributed by atoms with Gasteiger partial charge in [-0.25, -0.2) is 0 Å². The van der Waals surface area contributed by atoms with Crippen molar-refractivity contribution in [1.29, 1.82) is 0 Å². The number of rotatable bonds is 7. The average molecular weight is 335 g/mol. The summed E-state index contributed by atoms with van der Waals surface area (Å²) in [6.07, 6.45) is 16.1. The minimum Gasteiger partial charge on any atom is -0.103 e. The lowest BCUT2D eigenvalue weighted by Gasteiger charge is -1.96. The van der Waals surface area contributed by atoms with Gasteiger partial charge in [-0.2, -0.15) is 0 Å². The van der Waals surface area contributed by atoms with Crippen molar-refractivity contribution in [2.24, 2.45) is 5.92 Å². The van der Waals surface area contributed by atoms with Gasteiger partial charge in [0.2, 0.25) is 0 Å². The molecule has 0 aliphatic heterocycles. The van der Waals surface area contributed by atoms with Crippen molar-refractivity contribution in [1.82, 2.24) is 0 Å². The molecule has 0 aliphatic carbocycles. The Hall–Kier alpha value is -1.30. The zero-order valence-electron chi connectivity index (χ0n) is 18.1. The Morgan fingerprint density at radius 1 is 0.917 bits per heavy atom. The predicted molar refractivity (Wildman–Crippen MR) is 119 cm³/mol. The highest BCUT2D eigenvalue weighted by molar-refractivity contribution is 5.01. The molecule has 1 unspecified atom stereocenters. The molecule has 1 atom stereocenters. The molecule has 0 fully saturated rings. The topological polar surface area (TPSA) is 0 Å². The van der Waals surface area contributed by atoms with Gasteiger partial charge in [-0.3, -0.25) is 0 Å². The molecular weight excluding hydrogens is 288 g/mol. The first-order valence-electron chi connectivity index (χ1n) is 9.40. The van der Waals surface area contributed by atoms with E-state index < -0.39 is 0 Å². The van der Waals surface area contributed by atoms with E-state index in [2.05, 4.69) is 80.4 Å². The first-order valence-corrected chi connectivity index (χ1v) is 9.40. The molecule has 0 radical (unpaired) electrons. The molecule has 0 aromatic rings. The number of hydrogen-bond acceptors (Lipinski definition) is 0. The van der Waals surface area contributed by atoms with Gasteiger partial charge in [-0.15, -0.1) is 19.7 Å². The fourth-order valence-electron chi connectivity index (χ4n) is 1.21. The fraction of sp³-hybridized carbons (Fsp3) is 0.583. The number of allylic oxidation sites excluding steroid dienone is 7. The molecule has 0 aromatic heterocycles. The van der Waals surface area contributed by atoms with Crippen LogP contribution in [-0.2, 0) is 0 Å². The van der Waals surface area contributed by atoms with Crippen LogP contribution in [0.25, 0.3) is 0 Å². The number of hydrogen-bond donors (Lipinski definition) is 0. The normalized spacial score (nSPS) is 10.2. The standard InChI is InChI=1S/C11H20.C6H12.C4H8.C3H6/c1-5-7-11(4)9-6-8-10(2)3;1-4-6(3)5-2;1-3-4-2;1-3-2/h7-8H,5-6,9H2,1-4H3;4,6H,1,5H2,2-3H3;3H,1,4H2,2H3;3H,1H2,2H3. The second-order valence-corrected chi connectivity index (χ2v) is 6.01. The smallest absolute Gasteiger partial charge is 0.0267 e. The molecule has 0 nitrogen and oxygen atoms in total. The third-order valence-electron chi connectivity index (χ3n) is 2.98. The third-order valence-corrected chi connectivity index (χ3v) is 2.98. The SMILES string of the molecule is C=CC.C=CC(C)CC.C=CCC.CCC=C(C)CCC=C(C)C. The van der Waals surface area contributed by atoms with Gasteiger partial charge in [-0.1, -0.05) is 75.6 Å². The van der Waals surface area contributed by atoms with E-state index in [4.69, 9.17) is 0 Å². The lowest BCUT2D eigenvalue weighted by Crippen LogP contribution is -1.80. The molecule has 0 spiro atoms. The van der Waals surface area contributed by atoms with E-state index in [9.17, 15) is 0 Å². The van der Waals surface area contributed by atoms with Crippen LogP contribution in [-0.4, -0.2) is 0 Å². The molecule has 0 rings (SSSR count). The predicted octanol–water partition coefficient (Wildman–Crippen LogP) is 9.08. The zero-order chi connectivity index (χ0) is 19.8. The molecule has 0 heterocycles. The monoisotopic (exact) mass is 334 g/mol. The van der Waals surface area contributed by atoms with E-state index in [1.807, 2.05) is 19.1 Å².